The van der Waals surface area contributed by atoms with Crippen LogP contribution in [-0.2, 0) is 6.42 Å². The largest absolute Gasteiger partial charge is 0.493 e. The Morgan fingerprint density at radius 1 is 1.28 bits per heavy atom. The molecule has 4 heteroatoms. The molecule has 1 saturated carbocycles. The average molecular weight is 248 g/mol. The van der Waals surface area contributed by atoms with E-state index in [0.29, 0.717) is 5.92 Å². The third kappa shape index (κ3) is 3.15. The minimum Gasteiger partial charge on any atom is -0.493 e. The SMILES string of the molecule is COc1ccc(CCN=C(N)C2CC2)cc1OC. The molecular weight excluding hydrogens is 228 g/mol. The summed E-state index contributed by atoms with van der Waals surface area (Å²) in [5.74, 6) is 2.88. The standard InChI is InChI=1S/C14H20N2O2/c1-17-12-6-3-10(9-13(12)18-2)7-8-16-14(15)11-4-5-11/h3,6,9,11H,4-5,7-8H2,1-2H3,(H2,15,16). The topological polar surface area (TPSA) is 56.8 Å². The fourth-order valence-corrected chi connectivity index (χ4v) is 1.86. The maximum Gasteiger partial charge on any atom is 0.160 e. The van der Waals surface area contributed by atoms with E-state index in [4.69, 9.17) is 15.2 Å². The van der Waals surface area contributed by atoms with Crippen molar-refractivity contribution in [1.82, 2.24) is 0 Å². The summed E-state index contributed by atoms with van der Waals surface area (Å²) >= 11 is 0. The van der Waals surface area contributed by atoms with Crippen LogP contribution in [0.5, 0.6) is 11.5 Å². The molecule has 0 saturated heterocycles. The lowest BCUT2D eigenvalue weighted by atomic mass is 10.1. The maximum absolute atomic E-state index is 5.85. The molecule has 0 amide bonds. The van der Waals surface area contributed by atoms with E-state index in [1.165, 1.54) is 18.4 Å². The van der Waals surface area contributed by atoms with Gasteiger partial charge in [-0.25, -0.2) is 0 Å². The Morgan fingerprint density at radius 2 is 2.00 bits per heavy atom. The molecule has 0 bridgehead atoms. The quantitative estimate of drug-likeness (QED) is 0.619. The van der Waals surface area contributed by atoms with Crippen LogP contribution in [0.4, 0.5) is 0 Å². The van der Waals surface area contributed by atoms with Crippen molar-refractivity contribution in [3.63, 3.8) is 0 Å². The number of ether oxygens (including phenoxy) is 2. The summed E-state index contributed by atoms with van der Waals surface area (Å²) in [6.07, 6.45) is 3.27. The van der Waals surface area contributed by atoms with Gasteiger partial charge in [-0.1, -0.05) is 6.07 Å². The molecule has 0 unspecified atom stereocenters. The molecule has 0 heterocycles. The van der Waals surface area contributed by atoms with Crippen LogP contribution < -0.4 is 15.2 Å². The highest BCUT2D eigenvalue weighted by atomic mass is 16.5. The van der Waals surface area contributed by atoms with Crippen molar-refractivity contribution in [3.8, 4) is 11.5 Å². The van der Waals surface area contributed by atoms with Crippen LogP contribution in [0.1, 0.15) is 18.4 Å². The smallest absolute Gasteiger partial charge is 0.160 e. The van der Waals surface area contributed by atoms with Crippen LogP contribution >= 0.6 is 0 Å². The summed E-state index contributed by atoms with van der Waals surface area (Å²) in [5, 5.41) is 0. The van der Waals surface area contributed by atoms with E-state index >= 15 is 0 Å². The minimum atomic E-state index is 0.551. The van der Waals surface area contributed by atoms with Gasteiger partial charge in [0, 0.05) is 12.5 Å². The van der Waals surface area contributed by atoms with Gasteiger partial charge in [0.15, 0.2) is 11.5 Å². The summed E-state index contributed by atoms with van der Waals surface area (Å²) in [6.45, 7) is 0.734. The maximum atomic E-state index is 5.85. The van der Waals surface area contributed by atoms with Gasteiger partial charge >= 0.3 is 0 Å². The Balaban J connectivity index is 1.94. The van der Waals surface area contributed by atoms with E-state index in [1.54, 1.807) is 14.2 Å². The van der Waals surface area contributed by atoms with Gasteiger partial charge in [0.2, 0.25) is 0 Å². The molecule has 4 nitrogen and oxygen atoms in total. The van der Waals surface area contributed by atoms with Crippen molar-refractivity contribution in [1.29, 1.82) is 0 Å². The van der Waals surface area contributed by atoms with Gasteiger partial charge in [-0.3, -0.25) is 4.99 Å². The van der Waals surface area contributed by atoms with Gasteiger partial charge in [-0.15, -0.1) is 0 Å². The van der Waals surface area contributed by atoms with E-state index in [2.05, 4.69) is 4.99 Å². The number of nitrogens with two attached hydrogens (primary N) is 1. The number of amidine groups is 1. The van der Waals surface area contributed by atoms with Crippen molar-refractivity contribution in [2.24, 2.45) is 16.6 Å². The number of methoxy groups -OCH3 is 2. The minimum absolute atomic E-state index is 0.551. The Hall–Kier alpha value is -1.71. The third-order valence-corrected chi connectivity index (χ3v) is 3.14. The lowest BCUT2D eigenvalue weighted by Crippen LogP contribution is -2.14. The predicted molar refractivity (Wildman–Crippen MR) is 72.5 cm³/mol. The molecule has 0 aliphatic heterocycles. The van der Waals surface area contributed by atoms with E-state index < -0.39 is 0 Å². The molecule has 2 N–H and O–H groups in total. The van der Waals surface area contributed by atoms with Crippen LogP contribution in [0.25, 0.3) is 0 Å². The Labute approximate surface area is 108 Å². The zero-order chi connectivity index (χ0) is 13.0. The molecular formula is C14H20N2O2. The van der Waals surface area contributed by atoms with Gasteiger partial charge in [0.1, 0.15) is 0 Å². The van der Waals surface area contributed by atoms with Crippen molar-refractivity contribution in [2.75, 3.05) is 20.8 Å². The predicted octanol–water partition coefficient (Wildman–Crippen LogP) is 2.01. The third-order valence-electron chi connectivity index (χ3n) is 3.14. The first-order valence-corrected chi connectivity index (χ1v) is 6.25. The first-order chi connectivity index (χ1) is 8.74. The van der Waals surface area contributed by atoms with Crippen LogP contribution in [0, 0.1) is 5.92 Å². The fraction of sp³-hybridized carbons (Fsp3) is 0.500. The molecule has 0 aromatic heterocycles. The second-order valence-electron chi connectivity index (χ2n) is 4.52. The molecule has 0 radical (unpaired) electrons. The van der Waals surface area contributed by atoms with Crippen molar-refractivity contribution in [2.45, 2.75) is 19.3 Å². The zero-order valence-electron chi connectivity index (χ0n) is 11.0. The number of aliphatic imine (C=N–C) groups is 1. The Kier molecular flexibility index (Phi) is 4.07. The first kappa shape index (κ1) is 12.7. The number of hydrogen-bond acceptors (Lipinski definition) is 3. The molecule has 98 valence electrons. The number of benzene rings is 1. The average Bonchev–Trinajstić information content (AvgIpc) is 3.22. The second-order valence-corrected chi connectivity index (χ2v) is 4.52. The molecule has 1 aromatic rings. The summed E-state index contributed by atoms with van der Waals surface area (Å²) < 4.78 is 10.5. The highest BCUT2D eigenvalue weighted by molar-refractivity contribution is 5.84. The number of hydrogen-bond donors (Lipinski definition) is 1. The second kappa shape index (κ2) is 5.76. The van der Waals surface area contributed by atoms with Crippen LogP contribution in [-0.4, -0.2) is 26.6 Å². The fourth-order valence-electron chi connectivity index (χ4n) is 1.86. The van der Waals surface area contributed by atoms with E-state index in [1.807, 2.05) is 18.2 Å². The lowest BCUT2D eigenvalue weighted by Gasteiger charge is -2.09. The Morgan fingerprint density at radius 3 is 2.61 bits per heavy atom. The van der Waals surface area contributed by atoms with Crippen LogP contribution in [0.3, 0.4) is 0 Å². The van der Waals surface area contributed by atoms with E-state index in [0.717, 1.165) is 30.3 Å². The highest BCUT2D eigenvalue weighted by Gasteiger charge is 2.24. The monoisotopic (exact) mass is 248 g/mol. The summed E-state index contributed by atoms with van der Waals surface area (Å²) in [5.41, 5.74) is 7.03. The normalized spacial score (nSPS) is 15.6. The van der Waals surface area contributed by atoms with Gasteiger partial charge < -0.3 is 15.2 Å². The summed E-state index contributed by atoms with van der Waals surface area (Å²) in [4.78, 5) is 4.40. The molecule has 0 spiro atoms. The first-order valence-electron chi connectivity index (χ1n) is 6.25. The van der Waals surface area contributed by atoms with Gasteiger partial charge in [-0.05, 0) is 37.0 Å². The molecule has 1 aliphatic carbocycles. The van der Waals surface area contributed by atoms with Crippen LogP contribution in [0.15, 0.2) is 23.2 Å². The van der Waals surface area contributed by atoms with Gasteiger partial charge in [0.05, 0.1) is 20.1 Å². The van der Waals surface area contributed by atoms with Crippen molar-refractivity contribution >= 4 is 5.84 Å². The van der Waals surface area contributed by atoms with Crippen molar-refractivity contribution in [3.05, 3.63) is 23.8 Å². The van der Waals surface area contributed by atoms with Gasteiger partial charge in [-0.2, -0.15) is 0 Å². The van der Waals surface area contributed by atoms with Crippen molar-refractivity contribution < 1.29 is 9.47 Å². The van der Waals surface area contributed by atoms with Gasteiger partial charge in [0.25, 0.3) is 0 Å². The zero-order valence-corrected chi connectivity index (χ0v) is 11.0. The van der Waals surface area contributed by atoms with E-state index in [-0.39, 0.29) is 0 Å². The molecule has 0 atom stereocenters. The number of nitrogens with zero attached hydrogens (tertiary/aromatic N) is 1. The molecule has 1 aliphatic rings. The van der Waals surface area contributed by atoms with E-state index in [9.17, 15) is 0 Å². The van der Waals surface area contributed by atoms with Crippen LogP contribution in [0.2, 0.25) is 0 Å². The molecule has 1 fully saturated rings. The molecule has 18 heavy (non-hydrogen) atoms. The highest BCUT2D eigenvalue weighted by Crippen LogP contribution is 2.29. The molecule has 1 aromatic carbocycles. The lowest BCUT2D eigenvalue weighted by molar-refractivity contribution is 0.354. The molecule has 2 rings (SSSR count). The number of rotatable bonds is 6. The summed E-state index contributed by atoms with van der Waals surface area (Å²) in [7, 11) is 3.28. The summed E-state index contributed by atoms with van der Waals surface area (Å²) in [6, 6.07) is 5.94. The Bertz CT molecular complexity index is 439.